The molecular weight excluding hydrogens is 486 g/mol. The van der Waals surface area contributed by atoms with Gasteiger partial charge in [0.2, 0.25) is 0 Å². The van der Waals surface area contributed by atoms with Crippen molar-refractivity contribution in [2.24, 2.45) is 0 Å². The number of aromatic nitrogens is 2. The van der Waals surface area contributed by atoms with Crippen LogP contribution in [0.25, 0.3) is 66.1 Å². The summed E-state index contributed by atoms with van der Waals surface area (Å²) in [6.45, 7) is 0. The fraction of sp³-hybridized carbons (Fsp3) is 0. The standard InChI is InChI=1S/C37H23N3/c38-24-25-17-19-26(20-18-25)28-9-1-5-13-33(28)40-36-16-8-4-12-31(36)32-22-21-27(23-37(32)40)39-34-14-6-2-10-29(34)30-11-3-7-15-35(30)39/h1-23H. The number of nitrogens with zero attached hydrogens (tertiary/aromatic N) is 3. The van der Waals surface area contributed by atoms with E-state index in [1.54, 1.807) is 0 Å². The molecule has 0 atom stereocenters. The fourth-order valence-corrected chi connectivity index (χ4v) is 6.20. The Labute approximate surface area is 231 Å². The van der Waals surface area contributed by atoms with Gasteiger partial charge in [-0.05, 0) is 54.1 Å². The lowest BCUT2D eigenvalue weighted by Gasteiger charge is -2.15. The predicted molar refractivity (Wildman–Crippen MR) is 165 cm³/mol. The number of benzene rings is 6. The van der Waals surface area contributed by atoms with E-state index in [1.807, 2.05) is 24.3 Å². The van der Waals surface area contributed by atoms with E-state index in [0.29, 0.717) is 5.56 Å². The molecule has 0 radical (unpaired) electrons. The normalized spacial score (nSPS) is 11.5. The maximum atomic E-state index is 9.32. The second-order valence-corrected chi connectivity index (χ2v) is 10.1. The second kappa shape index (κ2) is 8.73. The molecule has 6 aromatic carbocycles. The molecule has 0 saturated carbocycles. The van der Waals surface area contributed by atoms with E-state index in [4.69, 9.17) is 0 Å². The maximum Gasteiger partial charge on any atom is 0.0991 e. The van der Waals surface area contributed by atoms with Crippen LogP contribution in [0.3, 0.4) is 0 Å². The van der Waals surface area contributed by atoms with Crippen molar-refractivity contribution < 1.29 is 0 Å². The molecule has 0 unspecified atom stereocenters. The van der Waals surface area contributed by atoms with Crippen molar-refractivity contribution in [3.8, 4) is 28.6 Å². The largest absolute Gasteiger partial charge is 0.309 e. The van der Waals surface area contributed by atoms with Crippen molar-refractivity contribution in [3.05, 3.63) is 145 Å². The van der Waals surface area contributed by atoms with Gasteiger partial charge >= 0.3 is 0 Å². The fourth-order valence-electron chi connectivity index (χ4n) is 6.20. The molecule has 2 aromatic heterocycles. The third kappa shape index (κ3) is 3.24. The Balaban J connectivity index is 1.45. The molecule has 0 aliphatic rings. The highest BCUT2D eigenvalue weighted by Gasteiger charge is 2.18. The Morgan fingerprint density at radius 1 is 0.450 bits per heavy atom. The van der Waals surface area contributed by atoms with E-state index in [1.165, 1.54) is 32.6 Å². The van der Waals surface area contributed by atoms with Crippen molar-refractivity contribution >= 4 is 43.6 Å². The summed E-state index contributed by atoms with van der Waals surface area (Å²) < 4.78 is 4.76. The molecule has 0 fully saturated rings. The topological polar surface area (TPSA) is 33.6 Å². The van der Waals surface area contributed by atoms with Gasteiger partial charge in [-0.15, -0.1) is 0 Å². The first-order chi connectivity index (χ1) is 19.8. The van der Waals surface area contributed by atoms with Gasteiger partial charge < -0.3 is 9.13 Å². The third-order valence-electron chi connectivity index (χ3n) is 7.97. The second-order valence-electron chi connectivity index (χ2n) is 10.1. The predicted octanol–water partition coefficient (Wildman–Crippen LogP) is 9.42. The van der Waals surface area contributed by atoms with E-state index < -0.39 is 0 Å². The molecule has 0 spiro atoms. The van der Waals surface area contributed by atoms with Crippen molar-refractivity contribution in [2.45, 2.75) is 0 Å². The minimum absolute atomic E-state index is 0.661. The third-order valence-corrected chi connectivity index (χ3v) is 7.97. The van der Waals surface area contributed by atoms with Gasteiger partial charge in [0, 0.05) is 32.8 Å². The summed E-state index contributed by atoms with van der Waals surface area (Å²) in [7, 11) is 0. The first kappa shape index (κ1) is 22.4. The van der Waals surface area contributed by atoms with Gasteiger partial charge in [-0.2, -0.15) is 5.26 Å². The molecule has 8 rings (SSSR count). The Bertz CT molecular complexity index is 2220. The van der Waals surface area contributed by atoms with E-state index in [2.05, 4.69) is 130 Å². The Morgan fingerprint density at radius 3 is 1.60 bits per heavy atom. The minimum atomic E-state index is 0.661. The lowest BCUT2D eigenvalue weighted by Crippen LogP contribution is -1.99. The molecular formula is C37H23N3. The molecule has 40 heavy (non-hydrogen) atoms. The van der Waals surface area contributed by atoms with E-state index in [9.17, 15) is 5.26 Å². The molecule has 8 aromatic rings. The van der Waals surface area contributed by atoms with Crippen LogP contribution < -0.4 is 0 Å². The minimum Gasteiger partial charge on any atom is -0.309 e. The molecule has 0 bridgehead atoms. The van der Waals surface area contributed by atoms with Crippen LogP contribution in [0.1, 0.15) is 5.56 Å². The Hall–Kier alpha value is -5.59. The van der Waals surface area contributed by atoms with Gasteiger partial charge in [-0.25, -0.2) is 0 Å². The molecule has 0 amide bonds. The lowest BCUT2D eigenvalue weighted by atomic mass is 10.0. The van der Waals surface area contributed by atoms with Gasteiger partial charge in [0.15, 0.2) is 0 Å². The number of fused-ring (bicyclic) bond motifs is 6. The summed E-state index contributed by atoms with van der Waals surface area (Å²) in [5.74, 6) is 0. The summed E-state index contributed by atoms with van der Waals surface area (Å²) in [5, 5.41) is 14.3. The van der Waals surface area contributed by atoms with E-state index >= 15 is 0 Å². The van der Waals surface area contributed by atoms with Crippen LogP contribution in [0.4, 0.5) is 0 Å². The molecule has 0 N–H and O–H groups in total. The first-order valence-electron chi connectivity index (χ1n) is 13.4. The van der Waals surface area contributed by atoms with Crippen molar-refractivity contribution in [3.63, 3.8) is 0 Å². The van der Waals surface area contributed by atoms with Gasteiger partial charge in [-0.3, -0.25) is 0 Å². The average Bonchev–Trinajstić information content (AvgIpc) is 3.53. The van der Waals surface area contributed by atoms with Gasteiger partial charge in [0.1, 0.15) is 0 Å². The van der Waals surface area contributed by atoms with E-state index in [-0.39, 0.29) is 0 Å². The van der Waals surface area contributed by atoms with Crippen LogP contribution in [0, 0.1) is 11.3 Å². The summed E-state index contributed by atoms with van der Waals surface area (Å²) >= 11 is 0. The molecule has 3 nitrogen and oxygen atoms in total. The lowest BCUT2D eigenvalue weighted by molar-refractivity contribution is 1.16. The SMILES string of the molecule is N#Cc1ccc(-c2ccccc2-n2c3ccccc3c3ccc(-n4c5ccccc5c5ccccc54)cc32)cc1. The zero-order valence-electron chi connectivity index (χ0n) is 21.6. The highest BCUT2D eigenvalue weighted by molar-refractivity contribution is 6.12. The van der Waals surface area contributed by atoms with Crippen LogP contribution in [-0.4, -0.2) is 9.13 Å². The van der Waals surface area contributed by atoms with Crippen LogP contribution >= 0.6 is 0 Å². The molecule has 186 valence electrons. The smallest absolute Gasteiger partial charge is 0.0991 e. The highest BCUT2D eigenvalue weighted by Crippen LogP contribution is 2.38. The Morgan fingerprint density at radius 2 is 0.975 bits per heavy atom. The van der Waals surface area contributed by atoms with Crippen molar-refractivity contribution in [2.75, 3.05) is 0 Å². The van der Waals surface area contributed by atoms with Gasteiger partial charge in [-0.1, -0.05) is 91.0 Å². The summed E-state index contributed by atoms with van der Waals surface area (Å²) in [6.07, 6.45) is 0. The van der Waals surface area contributed by atoms with E-state index in [0.717, 1.165) is 33.5 Å². The Kier molecular flexibility index (Phi) is 4.89. The number of rotatable bonds is 3. The number of hydrogen-bond acceptors (Lipinski definition) is 1. The van der Waals surface area contributed by atoms with Gasteiger partial charge in [0.05, 0.1) is 39.4 Å². The molecule has 3 heteroatoms. The number of para-hydroxylation sites is 4. The van der Waals surface area contributed by atoms with Crippen molar-refractivity contribution in [1.82, 2.24) is 9.13 Å². The number of hydrogen-bond donors (Lipinski definition) is 0. The maximum absolute atomic E-state index is 9.32. The summed E-state index contributed by atoms with van der Waals surface area (Å²) in [5.41, 5.74) is 9.82. The number of nitriles is 1. The average molecular weight is 510 g/mol. The van der Waals surface area contributed by atoms with Crippen LogP contribution in [0.15, 0.2) is 140 Å². The highest BCUT2D eigenvalue weighted by atomic mass is 15.0. The van der Waals surface area contributed by atoms with Crippen molar-refractivity contribution in [1.29, 1.82) is 5.26 Å². The molecule has 0 aliphatic carbocycles. The van der Waals surface area contributed by atoms with Gasteiger partial charge in [0.25, 0.3) is 0 Å². The summed E-state index contributed by atoms with van der Waals surface area (Å²) in [4.78, 5) is 0. The van der Waals surface area contributed by atoms with Crippen LogP contribution in [-0.2, 0) is 0 Å². The zero-order valence-corrected chi connectivity index (χ0v) is 21.6. The summed E-state index contributed by atoms with van der Waals surface area (Å²) in [6, 6.07) is 51.3. The quantitative estimate of drug-likeness (QED) is 0.233. The molecule has 2 heterocycles. The first-order valence-corrected chi connectivity index (χ1v) is 13.4. The van der Waals surface area contributed by atoms with Crippen LogP contribution in [0.5, 0.6) is 0 Å². The monoisotopic (exact) mass is 509 g/mol. The molecule has 0 saturated heterocycles. The zero-order chi connectivity index (χ0) is 26.6. The molecule has 0 aliphatic heterocycles. The van der Waals surface area contributed by atoms with Crippen LogP contribution in [0.2, 0.25) is 0 Å².